The molecule has 84 valence electrons. The zero-order valence-corrected chi connectivity index (χ0v) is 10.6. The minimum atomic E-state index is -3.55. The standard InChI is InChI=1S/C9H8BrN3O2S/c1-2-3-13-6-12-9-8(16(13,14)15)4-7(10)5-11-9/h2,4-6H,1,3H2. The molecule has 0 N–H and O–H groups in total. The SMILES string of the molecule is C=CCN1C=Nc2ncc(Br)cc2S1(=O)=O. The molecule has 0 bridgehead atoms. The van der Waals surface area contributed by atoms with Crippen LogP contribution in [0.1, 0.15) is 0 Å². The fraction of sp³-hybridized carbons (Fsp3) is 0.111. The Hall–Kier alpha value is -1.21. The number of pyridine rings is 1. The Bertz CT molecular complexity index is 568. The molecule has 0 saturated carbocycles. The second-order valence-corrected chi connectivity index (χ2v) is 5.86. The largest absolute Gasteiger partial charge is 0.269 e. The lowest BCUT2D eigenvalue weighted by Gasteiger charge is -2.22. The molecule has 0 saturated heterocycles. The Morgan fingerprint density at radius 1 is 1.56 bits per heavy atom. The van der Waals surface area contributed by atoms with Crippen LogP contribution in [-0.2, 0) is 10.0 Å². The van der Waals surface area contributed by atoms with Crippen LogP contribution in [0.5, 0.6) is 0 Å². The summed E-state index contributed by atoms with van der Waals surface area (Å²) in [4.78, 5) is 8.01. The van der Waals surface area contributed by atoms with Crippen LogP contribution < -0.4 is 0 Å². The van der Waals surface area contributed by atoms with Gasteiger partial charge in [-0.25, -0.2) is 18.4 Å². The number of fused-ring (bicyclic) bond motifs is 1. The van der Waals surface area contributed by atoms with E-state index in [2.05, 4.69) is 32.5 Å². The van der Waals surface area contributed by atoms with Gasteiger partial charge in [0, 0.05) is 10.7 Å². The molecule has 7 heteroatoms. The molecule has 0 aliphatic carbocycles. The number of halogens is 1. The summed E-state index contributed by atoms with van der Waals surface area (Å²) in [6, 6.07) is 1.49. The highest BCUT2D eigenvalue weighted by atomic mass is 79.9. The normalized spacial score (nSPS) is 16.9. The first-order chi connectivity index (χ1) is 7.55. The van der Waals surface area contributed by atoms with Crippen molar-refractivity contribution in [1.29, 1.82) is 0 Å². The number of nitrogens with zero attached hydrogens (tertiary/aromatic N) is 3. The van der Waals surface area contributed by atoms with Crippen LogP contribution in [0.2, 0.25) is 0 Å². The first-order valence-electron chi connectivity index (χ1n) is 4.38. The van der Waals surface area contributed by atoms with E-state index in [4.69, 9.17) is 0 Å². The number of rotatable bonds is 2. The Labute approximate surface area is 102 Å². The van der Waals surface area contributed by atoms with Crippen LogP contribution >= 0.6 is 15.9 Å². The summed E-state index contributed by atoms with van der Waals surface area (Å²) in [6.07, 6.45) is 4.26. The third-order valence-electron chi connectivity index (χ3n) is 2.00. The van der Waals surface area contributed by atoms with Gasteiger partial charge in [-0.15, -0.1) is 6.58 Å². The molecular weight excluding hydrogens is 294 g/mol. The second kappa shape index (κ2) is 3.99. The molecule has 1 aromatic rings. The summed E-state index contributed by atoms with van der Waals surface area (Å²) in [5, 5.41) is 0. The molecule has 0 radical (unpaired) electrons. The predicted octanol–water partition coefficient (Wildman–Crippen LogP) is 1.69. The van der Waals surface area contributed by atoms with E-state index in [1.807, 2.05) is 0 Å². The van der Waals surface area contributed by atoms with Gasteiger partial charge in [-0.05, 0) is 22.0 Å². The molecule has 0 aromatic carbocycles. The summed E-state index contributed by atoms with van der Waals surface area (Å²) < 4.78 is 25.9. The van der Waals surface area contributed by atoms with E-state index >= 15 is 0 Å². The van der Waals surface area contributed by atoms with Crippen LogP contribution in [-0.4, -0.2) is 30.6 Å². The van der Waals surface area contributed by atoms with Crippen molar-refractivity contribution in [2.24, 2.45) is 4.99 Å². The summed E-state index contributed by atoms with van der Waals surface area (Å²) in [6.45, 7) is 3.69. The van der Waals surface area contributed by atoms with E-state index in [1.54, 1.807) is 0 Å². The van der Waals surface area contributed by atoms with Crippen molar-refractivity contribution in [2.45, 2.75) is 4.90 Å². The predicted molar refractivity (Wildman–Crippen MR) is 64.2 cm³/mol. The van der Waals surface area contributed by atoms with Gasteiger partial charge >= 0.3 is 0 Å². The fourth-order valence-corrected chi connectivity index (χ4v) is 3.10. The minimum absolute atomic E-state index is 0.103. The van der Waals surface area contributed by atoms with Gasteiger partial charge in [-0.2, -0.15) is 0 Å². The maximum absolute atomic E-state index is 12.1. The van der Waals surface area contributed by atoms with Crippen LogP contribution in [0, 0.1) is 0 Å². The highest BCUT2D eigenvalue weighted by Gasteiger charge is 2.28. The molecule has 1 aliphatic rings. The molecule has 0 atom stereocenters. The molecule has 0 fully saturated rings. The van der Waals surface area contributed by atoms with Gasteiger partial charge in [0.25, 0.3) is 10.0 Å². The summed E-state index contributed by atoms with van der Waals surface area (Å²) in [7, 11) is -3.55. The van der Waals surface area contributed by atoms with Gasteiger partial charge in [0.15, 0.2) is 5.82 Å². The fourth-order valence-electron chi connectivity index (χ4n) is 1.28. The van der Waals surface area contributed by atoms with Crippen molar-refractivity contribution in [3.63, 3.8) is 0 Å². The van der Waals surface area contributed by atoms with Crippen molar-refractivity contribution in [1.82, 2.24) is 9.29 Å². The van der Waals surface area contributed by atoms with Gasteiger partial charge in [-0.3, -0.25) is 4.31 Å². The molecule has 0 spiro atoms. The maximum atomic E-state index is 12.1. The quantitative estimate of drug-likeness (QED) is 0.781. The van der Waals surface area contributed by atoms with E-state index in [-0.39, 0.29) is 17.3 Å². The second-order valence-electron chi connectivity index (χ2n) is 3.08. The lowest BCUT2D eigenvalue weighted by atomic mass is 10.5. The Morgan fingerprint density at radius 2 is 2.31 bits per heavy atom. The van der Waals surface area contributed by atoms with Crippen molar-refractivity contribution in [3.05, 3.63) is 29.4 Å². The van der Waals surface area contributed by atoms with Crippen LogP contribution in [0.4, 0.5) is 5.82 Å². The monoisotopic (exact) mass is 301 g/mol. The number of hydrogen-bond donors (Lipinski definition) is 0. The van der Waals surface area contributed by atoms with E-state index in [1.165, 1.54) is 24.7 Å². The van der Waals surface area contributed by atoms with Gasteiger partial charge < -0.3 is 0 Å². The molecule has 5 nitrogen and oxygen atoms in total. The van der Waals surface area contributed by atoms with Gasteiger partial charge in [0.05, 0.1) is 6.54 Å². The van der Waals surface area contributed by atoms with Crippen molar-refractivity contribution in [2.75, 3.05) is 6.54 Å². The molecule has 2 rings (SSSR count). The average molecular weight is 302 g/mol. The number of aromatic nitrogens is 1. The summed E-state index contributed by atoms with van der Waals surface area (Å²) in [5.41, 5.74) is 0. The van der Waals surface area contributed by atoms with Crippen molar-refractivity contribution < 1.29 is 8.42 Å². The smallest absolute Gasteiger partial charge is 0.252 e. The number of sulfonamides is 1. The molecule has 2 heterocycles. The van der Waals surface area contributed by atoms with Crippen molar-refractivity contribution in [3.8, 4) is 0 Å². The third kappa shape index (κ3) is 1.76. The average Bonchev–Trinajstić information content (AvgIpc) is 2.24. The molecule has 16 heavy (non-hydrogen) atoms. The zero-order chi connectivity index (χ0) is 11.8. The van der Waals surface area contributed by atoms with Crippen LogP contribution in [0.15, 0.2) is 39.3 Å². The van der Waals surface area contributed by atoms with Gasteiger partial charge in [0.2, 0.25) is 0 Å². The van der Waals surface area contributed by atoms with E-state index in [9.17, 15) is 8.42 Å². The number of aliphatic imine (C=N–C) groups is 1. The minimum Gasteiger partial charge on any atom is -0.252 e. The van der Waals surface area contributed by atoms with Crippen LogP contribution in [0.25, 0.3) is 0 Å². The Balaban J connectivity index is 2.60. The Morgan fingerprint density at radius 3 is 3.00 bits per heavy atom. The van der Waals surface area contributed by atoms with E-state index < -0.39 is 10.0 Å². The van der Waals surface area contributed by atoms with Gasteiger partial charge in [-0.1, -0.05) is 6.08 Å². The first-order valence-corrected chi connectivity index (χ1v) is 6.61. The summed E-state index contributed by atoms with van der Waals surface area (Å²) in [5.74, 6) is 0.212. The molecule has 1 aromatic heterocycles. The van der Waals surface area contributed by atoms with Gasteiger partial charge in [0.1, 0.15) is 11.2 Å². The van der Waals surface area contributed by atoms with E-state index in [0.717, 1.165) is 4.31 Å². The molecule has 0 unspecified atom stereocenters. The summed E-state index contributed by atoms with van der Waals surface area (Å²) >= 11 is 3.18. The first kappa shape index (κ1) is 11.3. The Kier molecular flexibility index (Phi) is 2.81. The molecular formula is C9H8BrN3O2S. The van der Waals surface area contributed by atoms with Crippen LogP contribution in [0.3, 0.4) is 0 Å². The topological polar surface area (TPSA) is 62.6 Å². The van der Waals surface area contributed by atoms with E-state index in [0.29, 0.717) is 4.47 Å². The molecule has 1 aliphatic heterocycles. The zero-order valence-electron chi connectivity index (χ0n) is 8.17. The lowest BCUT2D eigenvalue weighted by molar-refractivity contribution is 0.541. The lowest BCUT2D eigenvalue weighted by Crippen LogP contribution is -2.32. The molecule has 0 amide bonds. The van der Waals surface area contributed by atoms with Crippen molar-refractivity contribution >= 4 is 38.1 Å². The highest BCUT2D eigenvalue weighted by molar-refractivity contribution is 9.10. The third-order valence-corrected chi connectivity index (χ3v) is 4.15. The highest BCUT2D eigenvalue weighted by Crippen LogP contribution is 2.30. The maximum Gasteiger partial charge on any atom is 0.269 e. The number of hydrogen-bond acceptors (Lipinski definition) is 4.